The molecule has 0 aromatic rings. The summed E-state index contributed by atoms with van der Waals surface area (Å²) >= 11 is 0. The van der Waals surface area contributed by atoms with Gasteiger partial charge in [-0.05, 0) is 83.5 Å². The molecule has 6 heteroatoms. The van der Waals surface area contributed by atoms with Gasteiger partial charge in [0.2, 0.25) is 5.91 Å². The average Bonchev–Trinajstić information content (AvgIpc) is 3.35. The van der Waals surface area contributed by atoms with E-state index in [1.54, 1.807) is 0 Å². The van der Waals surface area contributed by atoms with Crippen molar-refractivity contribution in [2.75, 3.05) is 13.2 Å². The maximum Gasteiger partial charge on any atom is 0.305 e. The van der Waals surface area contributed by atoms with Crippen LogP contribution in [0.1, 0.15) is 341 Å². The number of carbonyl (C=O) groups is 2. The Bertz CT molecular complexity index is 1080. The van der Waals surface area contributed by atoms with Crippen molar-refractivity contribution < 1.29 is 24.5 Å². The molecule has 0 heterocycles. The van der Waals surface area contributed by atoms with Crippen molar-refractivity contribution in [3.63, 3.8) is 0 Å². The van der Waals surface area contributed by atoms with E-state index in [0.717, 1.165) is 77.0 Å². The second-order valence-corrected chi connectivity index (χ2v) is 21.4. The number of ether oxygens (including phenoxy) is 1. The predicted molar refractivity (Wildman–Crippen MR) is 301 cm³/mol. The maximum absolute atomic E-state index is 12.5. The van der Waals surface area contributed by atoms with Crippen LogP contribution in [0.2, 0.25) is 0 Å². The topological polar surface area (TPSA) is 95.9 Å². The molecule has 0 rings (SSSR count). The lowest BCUT2D eigenvalue weighted by Gasteiger charge is -2.22. The van der Waals surface area contributed by atoms with Gasteiger partial charge in [-0.15, -0.1) is 0 Å². The van der Waals surface area contributed by atoms with Crippen molar-refractivity contribution in [1.82, 2.24) is 5.32 Å². The van der Waals surface area contributed by atoms with Crippen molar-refractivity contribution >= 4 is 11.9 Å². The van der Waals surface area contributed by atoms with Gasteiger partial charge in [0.05, 0.1) is 25.4 Å². The summed E-state index contributed by atoms with van der Waals surface area (Å²) in [6.07, 6.45) is 71.9. The van der Waals surface area contributed by atoms with Gasteiger partial charge in [-0.3, -0.25) is 9.59 Å². The lowest BCUT2D eigenvalue weighted by Crippen LogP contribution is -2.45. The minimum Gasteiger partial charge on any atom is -0.466 e. The first-order valence-electron chi connectivity index (χ1n) is 31.1. The van der Waals surface area contributed by atoms with Gasteiger partial charge in [0.1, 0.15) is 0 Å². The van der Waals surface area contributed by atoms with Crippen molar-refractivity contribution in [1.29, 1.82) is 0 Å². The van der Waals surface area contributed by atoms with E-state index in [2.05, 4.69) is 43.5 Å². The molecule has 6 nitrogen and oxygen atoms in total. The summed E-state index contributed by atoms with van der Waals surface area (Å²) in [6, 6.07) is -0.562. The molecule has 69 heavy (non-hydrogen) atoms. The minimum atomic E-state index is -0.682. The van der Waals surface area contributed by atoms with E-state index >= 15 is 0 Å². The Morgan fingerprint density at radius 3 is 1.03 bits per heavy atom. The van der Waals surface area contributed by atoms with E-state index in [1.165, 1.54) is 231 Å². The van der Waals surface area contributed by atoms with E-state index in [0.29, 0.717) is 25.9 Å². The molecule has 2 atom stereocenters. The number of aliphatic hydroxyl groups is 2. The zero-order valence-corrected chi connectivity index (χ0v) is 46.6. The molecule has 0 aromatic carbocycles. The minimum absolute atomic E-state index is 0.0296. The van der Waals surface area contributed by atoms with Crippen LogP contribution in [0.15, 0.2) is 24.3 Å². The summed E-state index contributed by atoms with van der Waals surface area (Å²) in [7, 11) is 0. The summed E-state index contributed by atoms with van der Waals surface area (Å²) in [6.45, 7) is 4.91. The van der Waals surface area contributed by atoms with Crippen LogP contribution in [0.5, 0.6) is 0 Å². The van der Waals surface area contributed by atoms with Crippen LogP contribution in [0.3, 0.4) is 0 Å². The fraction of sp³-hybridized carbons (Fsp3) is 0.905. The maximum atomic E-state index is 12.5. The first-order chi connectivity index (χ1) is 34.0. The number of aliphatic hydroxyl groups excluding tert-OH is 2. The third kappa shape index (κ3) is 55.5. The number of unbranched alkanes of at least 4 members (excludes halogenated alkanes) is 43. The second kappa shape index (κ2) is 58.9. The zero-order chi connectivity index (χ0) is 50.0. The molecule has 0 saturated heterocycles. The first-order valence-corrected chi connectivity index (χ1v) is 31.1. The van der Waals surface area contributed by atoms with Crippen LogP contribution in [0.4, 0.5) is 0 Å². The van der Waals surface area contributed by atoms with Crippen molar-refractivity contribution in [2.45, 2.75) is 353 Å². The largest absolute Gasteiger partial charge is 0.466 e. The van der Waals surface area contributed by atoms with Crippen LogP contribution in [0, 0.1) is 0 Å². The molecule has 0 fully saturated rings. The molecule has 0 radical (unpaired) electrons. The molecule has 2 unspecified atom stereocenters. The van der Waals surface area contributed by atoms with E-state index in [4.69, 9.17) is 4.74 Å². The number of esters is 1. The normalized spacial score (nSPS) is 12.7. The Labute approximate surface area is 431 Å². The van der Waals surface area contributed by atoms with Crippen molar-refractivity contribution in [2.24, 2.45) is 0 Å². The smallest absolute Gasteiger partial charge is 0.305 e. The molecule has 3 N–H and O–H groups in total. The van der Waals surface area contributed by atoms with Crippen molar-refractivity contribution in [3.8, 4) is 0 Å². The first kappa shape index (κ1) is 67.3. The lowest BCUT2D eigenvalue weighted by atomic mass is 10.0. The number of carbonyl (C=O) groups excluding carboxylic acids is 2. The number of hydrogen-bond donors (Lipinski definition) is 3. The van der Waals surface area contributed by atoms with Crippen molar-refractivity contribution in [3.05, 3.63) is 24.3 Å². The van der Waals surface area contributed by atoms with Crippen LogP contribution in [0.25, 0.3) is 0 Å². The Morgan fingerprint density at radius 2 is 0.681 bits per heavy atom. The van der Waals surface area contributed by atoms with Gasteiger partial charge in [0.25, 0.3) is 0 Å². The highest BCUT2D eigenvalue weighted by Crippen LogP contribution is 2.18. The SMILES string of the molecule is CCCCCCCC/C=C\CCCCCCCC(=O)OCCCCC/C=C\CCCCCCCC(=O)NC(CO)C(O)CCCCCCCCCCCCCCCCCCCCCCCCCCC. The molecule has 1 amide bonds. The van der Waals surface area contributed by atoms with E-state index < -0.39 is 12.1 Å². The average molecular weight is 973 g/mol. The van der Waals surface area contributed by atoms with Gasteiger partial charge in [0, 0.05) is 12.8 Å². The highest BCUT2D eigenvalue weighted by molar-refractivity contribution is 5.76. The fourth-order valence-corrected chi connectivity index (χ4v) is 9.69. The molecule has 408 valence electrons. The molecule has 0 aliphatic carbocycles. The van der Waals surface area contributed by atoms with E-state index in [9.17, 15) is 19.8 Å². The molecule has 0 bridgehead atoms. The molecule has 0 aliphatic heterocycles. The Hall–Kier alpha value is -1.66. The van der Waals surface area contributed by atoms with Gasteiger partial charge in [0.15, 0.2) is 0 Å². The molecular formula is C63H121NO5. The third-order valence-corrected chi connectivity index (χ3v) is 14.5. The summed E-state index contributed by atoms with van der Waals surface area (Å²) in [4.78, 5) is 24.6. The third-order valence-electron chi connectivity index (χ3n) is 14.5. The van der Waals surface area contributed by atoms with Crippen LogP contribution < -0.4 is 5.32 Å². The van der Waals surface area contributed by atoms with Gasteiger partial charge in [-0.1, -0.05) is 269 Å². The predicted octanol–water partition coefficient (Wildman–Crippen LogP) is 19.4. The van der Waals surface area contributed by atoms with Gasteiger partial charge in [-0.25, -0.2) is 0 Å². The summed E-state index contributed by atoms with van der Waals surface area (Å²) in [5.41, 5.74) is 0. The van der Waals surface area contributed by atoms with E-state index in [-0.39, 0.29) is 18.5 Å². The zero-order valence-electron chi connectivity index (χ0n) is 46.6. The van der Waals surface area contributed by atoms with Gasteiger partial charge >= 0.3 is 5.97 Å². The number of rotatable bonds is 58. The molecular weight excluding hydrogens is 851 g/mol. The number of amides is 1. The Kier molecular flexibility index (Phi) is 57.5. The Balaban J connectivity index is 3.48. The fourth-order valence-electron chi connectivity index (χ4n) is 9.69. The number of hydrogen-bond acceptors (Lipinski definition) is 5. The molecule has 0 aromatic heterocycles. The monoisotopic (exact) mass is 972 g/mol. The van der Waals surface area contributed by atoms with Crippen LogP contribution in [-0.4, -0.2) is 47.4 Å². The number of nitrogens with one attached hydrogen (secondary N) is 1. The standard InChI is InChI=1S/C63H121NO5/c1-3-5-7-9-11-13-15-17-19-20-21-22-23-24-25-26-27-28-30-31-35-39-43-47-51-55-61(66)60(59-65)64-62(67)56-52-48-44-40-36-33-34-38-42-46-50-54-58-69-63(68)57-53-49-45-41-37-32-29-18-16-14-12-10-8-6-4-2/h18,29,34,38,60-61,65-66H,3-17,19-28,30-33,35-37,39-59H2,1-2H3,(H,64,67)/b29-18-,38-34-. The lowest BCUT2D eigenvalue weighted by molar-refractivity contribution is -0.143. The highest BCUT2D eigenvalue weighted by Gasteiger charge is 2.20. The molecule has 0 spiro atoms. The van der Waals surface area contributed by atoms with Crippen LogP contribution in [-0.2, 0) is 14.3 Å². The molecule has 0 saturated carbocycles. The van der Waals surface area contributed by atoms with Crippen LogP contribution >= 0.6 is 0 Å². The highest BCUT2D eigenvalue weighted by atomic mass is 16.5. The summed E-state index contributed by atoms with van der Waals surface area (Å²) in [5, 5.41) is 23.4. The number of allylic oxidation sites excluding steroid dienone is 4. The molecule has 0 aliphatic rings. The Morgan fingerprint density at radius 1 is 0.391 bits per heavy atom. The van der Waals surface area contributed by atoms with E-state index in [1.807, 2.05) is 0 Å². The van der Waals surface area contributed by atoms with Gasteiger partial charge < -0.3 is 20.3 Å². The summed E-state index contributed by atoms with van der Waals surface area (Å²) < 4.78 is 5.45. The quantitative estimate of drug-likeness (QED) is 0.0321. The van der Waals surface area contributed by atoms with Gasteiger partial charge in [-0.2, -0.15) is 0 Å². The second-order valence-electron chi connectivity index (χ2n) is 21.4. The summed E-state index contributed by atoms with van der Waals surface area (Å²) in [5.74, 6) is -0.0873.